The summed E-state index contributed by atoms with van der Waals surface area (Å²) in [5.74, 6) is -0.531. The van der Waals surface area contributed by atoms with Gasteiger partial charge in [-0.15, -0.1) is 16.0 Å². The van der Waals surface area contributed by atoms with Crippen molar-refractivity contribution in [1.82, 2.24) is 4.68 Å². The van der Waals surface area contributed by atoms with Gasteiger partial charge in [0.05, 0.1) is 24.5 Å². The number of carbonyl (C=O) groups excluding carboxylic acids is 2. The van der Waals surface area contributed by atoms with Gasteiger partial charge in [0.15, 0.2) is 6.20 Å². The van der Waals surface area contributed by atoms with Gasteiger partial charge >= 0.3 is 5.97 Å². The molecule has 3 rings (SSSR count). The van der Waals surface area contributed by atoms with Crippen LogP contribution in [0.5, 0.6) is 0 Å². The molecular weight excluding hydrogens is 362 g/mol. The smallest absolute Gasteiger partial charge is 0.350 e. The van der Waals surface area contributed by atoms with Gasteiger partial charge in [-0.25, -0.2) is 4.79 Å². The Kier molecular flexibility index (Phi) is 7.59. The molecule has 0 atom stereocenters. The Morgan fingerprint density at radius 3 is 2.78 bits per heavy atom. The monoisotopic (exact) mass is 392 g/mol. The van der Waals surface area contributed by atoms with Crippen LogP contribution in [-0.4, -0.2) is 23.2 Å². The first-order chi connectivity index (χ1) is 12.6. The van der Waals surface area contributed by atoms with Crippen molar-refractivity contribution < 1.29 is 19.0 Å². The highest BCUT2D eigenvalue weighted by molar-refractivity contribution is 7.12. The lowest BCUT2D eigenvalue weighted by molar-refractivity contribution is -0.767. The number of nitrogens with one attached hydrogen (secondary N) is 1. The number of nitrogens with zero attached hydrogens (tertiary/aromatic N) is 2. The number of hydrogen-bond acceptors (Lipinski definition) is 4. The summed E-state index contributed by atoms with van der Waals surface area (Å²) in [6, 6.07) is 2.44. The molecule has 2 aromatic heterocycles. The van der Waals surface area contributed by atoms with Crippen LogP contribution in [0.25, 0.3) is 0 Å². The zero-order valence-electron chi connectivity index (χ0n) is 15.4. The van der Waals surface area contributed by atoms with Crippen LogP contribution in [0.15, 0.2) is 23.8 Å². The number of esters is 1. The summed E-state index contributed by atoms with van der Waals surface area (Å²) in [5.41, 5.74) is 1.44. The largest absolute Gasteiger partial charge is 0.462 e. The molecule has 2 heterocycles. The van der Waals surface area contributed by atoms with Gasteiger partial charge in [-0.1, -0.05) is 26.7 Å². The van der Waals surface area contributed by atoms with E-state index in [1.54, 1.807) is 6.92 Å². The summed E-state index contributed by atoms with van der Waals surface area (Å²) in [6.07, 6.45) is 10.1. The number of ether oxygens (including phenoxy) is 1. The third-order valence-electron chi connectivity index (χ3n) is 4.75. The van der Waals surface area contributed by atoms with Crippen molar-refractivity contribution in [2.75, 3.05) is 11.9 Å². The van der Waals surface area contributed by atoms with Crippen LogP contribution in [0.1, 0.15) is 67.7 Å². The van der Waals surface area contributed by atoms with Gasteiger partial charge in [0.1, 0.15) is 4.88 Å². The van der Waals surface area contributed by atoms with E-state index in [-0.39, 0.29) is 25.8 Å². The van der Waals surface area contributed by atoms with Gasteiger partial charge < -0.3 is 10.1 Å². The number of aromatic nitrogens is 2. The van der Waals surface area contributed by atoms with Gasteiger partial charge in [0.25, 0.3) is 5.91 Å². The summed E-state index contributed by atoms with van der Waals surface area (Å²) in [4.78, 5) is 25.1. The first-order valence-corrected chi connectivity index (χ1v) is 10.1. The highest BCUT2D eigenvalue weighted by Crippen LogP contribution is 2.29. The van der Waals surface area contributed by atoms with Gasteiger partial charge in [-0.05, 0) is 37.6 Å². The molecule has 0 spiro atoms. The Labute approximate surface area is 165 Å². The zero-order chi connectivity index (χ0) is 18.5. The standard InChI is InChI=1S/C19H25N3O3S.CH4/c1-3-25-19(24)18-17(14(2)13-26-18)20-16(23)12-21-10-7-11-22(21)15-8-5-4-6-9-15;/h7,10-11,13,15H,3-6,8-9,12H2,1-2H3;1H4/p+1. The lowest BCUT2D eigenvalue weighted by Gasteiger charge is -2.20. The third kappa shape index (κ3) is 4.97. The Bertz CT molecular complexity index is 775. The number of anilines is 1. The van der Waals surface area contributed by atoms with E-state index in [0.29, 0.717) is 23.2 Å². The van der Waals surface area contributed by atoms with Crippen LogP contribution >= 0.6 is 11.3 Å². The number of aryl methyl sites for hydroxylation is 1. The van der Waals surface area contributed by atoms with Crippen molar-refractivity contribution in [1.29, 1.82) is 0 Å². The fraction of sp³-hybridized carbons (Fsp3) is 0.550. The van der Waals surface area contributed by atoms with E-state index in [1.165, 1.54) is 30.6 Å². The van der Waals surface area contributed by atoms with Crippen molar-refractivity contribution in [3.05, 3.63) is 34.3 Å². The maximum Gasteiger partial charge on any atom is 0.350 e. The highest BCUT2D eigenvalue weighted by atomic mass is 32.1. The maximum atomic E-state index is 12.6. The summed E-state index contributed by atoms with van der Waals surface area (Å²) in [5, 5.41) is 4.76. The van der Waals surface area contributed by atoms with E-state index in [1.807, 2.05) is 35.4 Å². The molecule has 1 aliphatic rings. The van der Waals surface area contributed by atoms with Crippen molar-refractivity contribution in [3.8, 4) is 0 Å². The van der Waals surface area contributed by atoms with E-state index < -0.39 is 0 Å². The molecule has 1 aliphatic carbocycles. The summed E-state index contributed by atoms with van der Waals surface area (Å²) in [6.45, 7) is 4.19. The Hall–Kier alpha value is -2.15. The van der Waals surface area contributed by atoms with Crippen LogP contribution in [0.3, 0.4) is 0 Å². The Morgan fingerprint density at radius 1 is 1.33 bits per heavy atom. The summed E-state index contributed by atoms with van der Waals surface area (Å²) >= 11 is 1.30. The molecule has 1 saturated carbocycles. The number of amides is 1. The molecule has 1 N–H and O–H groups in total. The predicted octanol–water partition coefficient (Wildman–Crippen LogP) is 4.10. The Balaban J connectivity index is 0.00000261. The average molecular weight is 393 g/mol. The predicted molar refractivity (Wildman–Crippen MR) is 107 cm³/mol. The minimum absolute atomic E-state index is 0. The van der Waals surface area contributed by atoms with Crippen LogP contribution in [0.4, 0.5) is 5.69 Å². The lowest BCUT2D eigenvalue weighted by atomic mass is 9.96. The van der Waals surface area contributed by atoms with Crippen LogP contribution < -0.4 is 10.00 Å². The van der Waals surface area contributed by atoms with E-state index in [0.717, 1.165) is 18.4 Å². The molecule has 0 aliphatic heterocycles. The topological polar surface area (TPSA) is 64.2 Å². The molecule has 27 heavy (non-hydrogen) atoms. The number of rotatable bonds is 6. The van der Waals surface area contributed by atoms with Crippen LogP contribution in [-0.2, 0) is 16.1 Å². The fourth-order valence-corrected chi connectivity index (χ4v) is 4.37. The van der Waals surface area contributed by atoms with E-state index in [2.05, 4.69) is 10.00 Å². The van der Waals surface area contributed by atoms with E-state index in [4.69, 9.17) is 4.74 Å². The minimum atomic E-state index is -0.390. The van der Waals surface area contributed by atoms with Gasteiger partial charge in [-0.2, -0.15) is 4.68 Å². The lowest BCUT2D eigenvalue weighted by Crippen LogP contribution is -2.48. The van der Waals surface area contributed by atoms with Crippen molar-refractivity contribution in [2.45, 2.75) is 66.0 Å². The molecule has 0 unspecified atom stereocenters. The normalized spacial score (nSPS) is 14.4. The highest BCUT2D eigenvalue weighted by Gasteiger charge is 2.25. The van der Waals surface area contributed by atoms with Crippen LogP contribution in [0, 0.1) is 6.92 Å². The van der Waals surface area contributed by atoms with Crippen molar-refractivity contribution in [2.24, 2.45) is 0 Å². The third-order valence-corrected chi connectivity index (χ3v) is 5.83. The van der Waals surface area contributed by atoms with E-state index in [9.17, 15) is 9.59 Å². The second-order valence-electron chi connectivity index (χ2n) is 6.65. The second-order valence-corrected chi connectivity index (χ2v) is 7.53. The molecule has 0 radical (unpaired) electrons. The minimum Gasteiger partial charge on any atom is -0.462 e. The molecule has 148 valence electrons. The molecular formula is C20H30N3O3S+. The van der Waals surface area contributed by atoms with Gasteiger partial charge in [0.2, 0.25) is 6.54 Å². The average Bonchev–Trinajstić information content (AvgIpc) is 3.23. The van der Waals surface area contributed by atoms with Crippen molar-refractivity contribution >= 4 is 28.9 Å². The van der Waals surface area contributed by atoms with Crippen molar-refractivity contribution in [3.63, 3.8) is 0 Å². The molecule has 2 aromatic rings. The molecule has 0 saturated heterocycles. The summed E-state index contributed by atoms with van der Waals surface area (Å²) in [7, 11) is 0. The fourth-order valence-electron chi connectivity index (χ4n) is 3.47. The van der Waals surface area contributed by atoms with Crippen LogP contribution in [0.2, 0.25) is 0 Å². The number of thiophene rings is 1. The molecule has 1 fully saturated rings. The van der Waals surface area contributed by atoms with Gasteiger partial charge in [-0.3, -0.25) is 4.79 Å². The van der Waals surface area contributed by atoms with Gasteiger partial charge in [0, 0.05) is 6.07 Å². The molecule has 7 heteroatoms. The molecule has 0 aromatic carbocycles. The first kappa shape index (κ1) is 21.2. The number of carbonyl (C=O) groups is 2. The maximum absolute atomic E-state index is 12.6. The SMILES string of the molecule is C.CCOC(=O)c1scc(C)c1NC(=O)C[n+]1cccn1C1CCCCC1. The molecule has 1 amide bonds. The molecule has 0 bridgehead atoms. The second kappa shape index (κ2) is 9.69. The quantitative estimate of drug-likeness (QED) is 0.594. The van der Waals surface area contributed by atoms with E-state index >= 15 is 0 Å². The summed E-state index contributed by atoms with van der Waals surface area (Å²) < 4.78 is 9.21. The first-order valence-electron chi connectivity index (χ1n) is 9.21. The zero-order valence-corrected chi connectivity index (χ0v) is 16.2. The number of hydrogen-bond donors (Lipinski definition) is 1. The molecule has 6 nitrogen and oxygen atoms in total. The Morgan fingerprint density at radius 2 is 2.07 bits per heavy atom.